The van der Waals surface area contributed by atoms with Crippen molar-refractivity contribution in [1.29, 1.82) is 0 Å². The highest BCUT2D eigenvalue weighted by atomic mass is 16.5. The maximum absolute atomic E-state index is 12.3. The maximum Gasteiger partial charge on any atom is 0.338 e. The molecule has 144 valence electrons. The number of hydrogen-bond acceptors (Lipinski definition) is 5. The first-order valence-electron chi connectivity index (χ1n) is 9.38. The number of aryl methyl sites for hydroxylation is 1. The number of hydrogen-bond donors (Lipinski definition) is 1. The van der Waals surface area contributed by atoms with E-state index in [4.69, 9.17) is 9.47 Å². The Morgan fingerprint density at radius 3 is 2.39 bits per heavy atom. The number of allylic oxidation sites excluding steroid dienone is 2. The summed E-state index contributed by atoms with van der Waals surface area (Å²) in [6, 6.07) is 11.4. The van der Waals surface area contributed by atoms with Crippen LogP contribution in [0.2, 0.25) is 0 Å². The Hall–Kier alpha value is -3.08. The third-order valence-corrected chi connectivity index (χ3v) is 5.82. The van der Waals surface area contributed by atoms with Crippen LogP contribution in [0, 0.1) is 12.8 Å². The zero-order valence-electron chi connectivity index (χ0n) is 16.2. The predicted octanol–water partition coefficient (Wildman–Crippen LogP) is 4.39. The number of ether oxygens (including phenoxy) is 2. The molecule has 5 nitrogen and oxygen atoms in total. The smallest absolute Gasteiger partial charge is 0.338 e. The number of methoxy groups -OCH3 is 2. The summed E-state index contributed by atoms with van der Waals surface area (Å²) in [4.78, 5) is 24.1. The maximum atomic E-state index is 12.3. The molecule has 0 fully saturated rings. The van der Waals surface area contributed by atoms with Gasteiger partial charge < -0.3 is 14.8 Å². The van der Waals surface area contributed by atoms with Crippen LogP contribution < -0.4 is 5.32 Å². The standard InChI is InChI=1S/C23H23NO4/c1-13-7-12-18(23(26)28-3)19-16-5-4-6-17(16)21(24-20(13)19)14-8-10-15(11-9-14)22(25)27-2/h4-5,7-12,16-17,21,24H,6H2,1-3H3/t16-,17-,21-/m0/s1. The molecule has 0 aromatic heterocycles. The highest BCUT2D eigenvalue weighted by Gasteiger charge is 2.40. The van der Waals surface area contributed by atoms with Crippen molar-refractivity contribution in [3.8, 4) is 0 Å². The van der Waals surface area contributed by atoms with E-state index in [2.05, 4.69) is 17.5 Å². The average Bonchev–Trinajstić information content (AvgIpc) is 3.22. The molecule has 0 spiro atoms. The lowest BCUT2D eigenvalue weighted by Gasteiger charge is -2.39. The van der Waals surface area contributed by atoms with Crippen molar-refractivity contribution < 1.29 is 19.1 Å². The van der Waals surface area contributed by atoms with Crippen molar-refractivity contribution in [3.63, 3.8) is 0 Å². The molecule has 5 heteroatoms. The van der Waals surface area contributed by atoms with Crippen molar-refractivity contribution in [2.45, 2.75) is 25.3 Å². The van der Waals surface area contributed by atoms with Crippen molar-refractivity contribution in [1.82, 2.24) is 0 Å². The van der Waals surface area contributed by atoms with Gasteiger partial charge in [0.2, 0.25) is 0 Å². The van der Waals surface area contributed by atoms with E-state index in [9.17, 15) is 9.59 Å². The number of esters is 2. The molecule has 2 aromatic rings. The molecule has 2 aliphatic rings. The summed E-state index contributed by atoms with van der Waals surface area (Å²) in [5.41, 5.74) is 5.38. The van der Waals surface area contributed by atoms with Gasteiger partial charge in [0, 0.05) is 11.6 Å². The van der Waals surface area contributed by atoms with Crippen LogP contribution in [-0.2, 0) is 9.47 Å². The molecular formula is C23H23NO4. The summed E-state index contributed by atoms with van der Waals surface area (Å²) < 4.78 is 9.80. The molecule has 1 N–H and O–H groups in total. The van der Waals surface area contributed by atoms with E-state index in [-0.39, 0.29) is 23.9 Å². The number of carbonyl (C=O) groups excluding carboxylic acids is 2. The normalized spacial score (nSPS) is 22.0. The van der Waals surface area contributed by atoms with Gasteiger partial charge in [0.25, 0.3) is 0 Å². The SMILES string of the molecule is COC(=O)c1ccc([C@@H]2Nc3c(C)ccc(C(=O)OC)c3[C@H]3C=CC[C@@H]32)cc1. The lowest BCUT2D eigenvalue weighted by molar-refractivity contribution is 0.0591. The summed E-state index contributed by atoms with van der Waals surface area (Å²) in [7, 11) is 2.80. The molecule has 1 aliphatic carbocycles. The first-order chi connectivity index (χ1) is 13.5. The van der Waals surface area contributed by atoms with Gasteiger partial charge in [-0.15, -0.1) is 0 Å². The second-order valence-electron chi connectivity index (χ2n) is 7.30. The Morgan fingerprint density at radius 2 is 1.71 bits per heavy atom. The molecular weight excluding hydrogens is 354 g/mol. The van der Waals surface area contributed by atoms with Crippen molar-refractivity contribution >= 4 is 17.6 Å². The number of anilines is 1. The zero-order valence-corrected chi connectivity index (χ0v) is 16.2. The number of nitrogens with one attached hydrogen (secondary N) is 1. The monoisotopic (exact) mass is 377 g/mol. The third kappa shape index (κ3) is 2.87. The number of carbonyl (C=O) groups is 2. The van der Waals surface area contributed by atoms with Crippen LogP contribution in [0.1, 0.15) is 55.8 Å². The highest BCUT2D eigenvalue weighted by molar-refractivity contribution is 5.94. The van der Waals surface area contributed by atoms with Gasteiger partial charge in [-0.05, 0) is 54.2 Å². The zero-order chi connectivity index (χ0) is 19.8. The minimum absolute atomic E-state index is 0.0887. The summed E-state index contributed by atoms with van der Waals surface area (Å²) in [5.74, 6) is -0.206. The summed E-state index contributed by atoms with van der Waals surface area (Å²) in [6.07, 6.45) is 5.31. The third-order valence-electron chi connectivity index (χ3n) is 5.82. The molecule has 0 amide bonds. The van der Waals surface area contributed by atoms with Gasteiger partial charge in [0.1, 0.15) is 0 Å². The van der Waals surface area contributed by atoms with Gasteiger partial charge >= 0.3 is 11.9 Å². The van der Waals surface area contributed by atoms with E-state index >= 15 is 0 Å². The Kier molecular flexibility index (Phi) is 4.67. The average molecular weight is 377 g/mol. The second kappa shape index (κ2) is 7.15. The van der Waals surface area contributed by atoms with Gasteiger partial charge in [-0.2, -0.15) is 0 Å². The first kappa shape index (κ1) is 18.3. The molecule has 1 heterocycles. The number of benzene rings is 2. The van der Waals surface area contributed by atoms with Crippen LogP contribution in [0.5, 0.6) is 0 Å². The first-order valence-corrected chi connectivity index (χ1v) is 9.38. The molecule has 0 saturated heterocycles. The van der Waals surface area contributed by atoms with Crippen molar-refractivity contribution in [2.24, 2.45) is 5.92 Å². The minimum atomic E-state index is -0.340. The summed E-state index contributed by atoms with van der Waals surface area (Å²) in [6.45, 7) is 2.04. The molecule has 2 aromatic carbocycles. The van der Waals surface area contributed by atoms with Crippen LogP contribution in [0.25, 0.3) is 0 Å². The highest BCUT2D eigenvalue weighted by Crippen LogP contribution is 2.51. The van der Waals surface area contributed by atoms with Crippen LogP contribution in [-0.4, -0.2) is 26.2 Å². The van der Waals surface area contributed by atoms with Gasteiger partial charge in [-0.3, -0.25) is 0 Å². The van der Waals surface area contributed by atoms with E-state index in [1.807, 2.05) is 31.2 Å². The Bertz CT molecular complexity index is 961. The predicted molar refractivity (Wildman–Crippen MR) is 107 cm³/mol. The topological polar surface area (TPSA) is 64.6 Å². The van der Waals surface area contributed by atoms with Crippen LogP contribution >= 0.6 is 0 Å². The van der Waals surface area contributed by atoms with E-state index in [0.717, 1.165) is 28.8 Å². The molecule has 3 atom stereocenters. The molecule has 0 unspecified atom stereocenters. The van der Waals surface area contributed by atoms with E-state index < -0.39 is 0 Å². The fourth-order valence-corrected chi connectivity index (χ4v) is 4.42. The Morgan fingerprint density at radius 1 is 1.00 bits per heavy atom. The summed E-state index contributed by atoms with van der Waals surface area (Å²) >= 11 is 0. The van der Waals surface area contributed by atoms with E-state index in [0.29, 0.717) is 17.0 Å². The number of fused-ring (bicyclic) bond motifs is 3. The van der Waals surface area contributed by atoms with Crippen molar-refractivity contribution in [3.05, 3.63) is 76.4 Å². The second-order valence-corrected chi connectivity index (χ2v) is 7.30. The van der Waals surface area contributed by atoms with Gasteiger partial charge in [0.15, 0.2) is 0 Å². The van der Waals surface area contributed by atoms with E-state index in [1.165, 1.54) is 14.2 Å². The largest absolute Gasteiger partial charge is 0.465 e. The van der Waals surface area contributed by atoms with Crippen LogP contribution in [0.3, 0.4) is 0 Å². The lowest BCUT2D eigenvalue weighted by Crippen LogP contribution is -2.31. The Labute approximate surface area is 164 Å². The van der Waals surface area contributed by atoms with Gasteiger partial charge in [-0.1, -0.05) is 30.4 Å². The summed E-state index contributed by atoms with van der Waals surface area (Å²) in [5, 5.41) is 3.67. The molecule has 0 bridgehead atoms. The molecule has 4 rings (SSSR count). The van der Waals surface area contributed by atoms with Gasteiger partial charge in [0.05, 0.1) is 31.4 Å². The quantitative estimate of drug-likeness (QED) is 0.635. The fraction of sp³-hybridized carbons (Fsp3) is 0.304. The van der Waals surface area contributed by atoms with Crippen molar-refractivity contribution in [2.75, 3.05) is 19.5 Å². The van der Waals surface area contributed by atoms with E-state index in [1.54, 1.807) is 12.1 Å². The molecule has 0 radical (unpaired) electrons. The number of rotatable bonds is 3. The Balaban J connectivity index is 1.77. The lowest BCUT2D eigenvalue weighted by atomic mass is 9.74. The molecule has 28 heavy (non-hydrogen) atoms. The molecule has 1 aliphatic heterocycles. The minimum Gasteiger partial charge on any atom is -0.465 e. The van der Waals surface area contributed by atoms with Crippen LogP contribution in [0.15, 0.2) is 48.6 Å². The molecule has 0 saturated carbocycles. The van der Waals surface area contributed by atoms with Gasteiger partial charge in [-0.25, -0.2) is 9.59 Å². The fourth-order valence-electron chi connectivity index (χ4n) is 4.42. The van der Waals surface area contributed by atoms with Crippen LogP contribution in [0.4, 0.5) is 5.69 Å².